The molecule has 8 heteroatoms. The lowest BCUT2D eigenvalue weighted by atomic mass is 10.2. The van der Waals surface area contributed by atoms with Crippen LogP contribution in [0.3, 0.4) is 0 Å². The van der Waals surface area contributed by atoms with Crippen molar-refractivity contribution in [1.82, 2.24) is 10.9 Å². The predicted octanol–water partition coefficient (Wildman–Crippen LogP) is 0.967. The number of methoxy groups -OCH3 is 1. The zero-order chi connectivity index (χ0) is 18.7. The molecule has 2 aromatic carbocycles. The molecule has 0 aliphatic carbocycles. The number of phenols is 1. The van der Waals surface area contributed by atoms with Crippen LogP contribution in [0, 0.1) is 0 Å². The van der Waals surface area contributed by atoms with Gasteiger partial charge in [-0.3, -0.25) is 19.8 Å². The van der Waals surface area contributed by atoms with Crippen molar-refractivity contribution in [1.29, 1.82) is 0 Å². The highest BCUT2D eigenvalue weighted by molar-refractivity contribution is 6.22. The van der Waals surface area contributed by atoms with Gasteiger partial charge in [0.1, 0.15) is 17.5 Å². The van der Waals surface area contributed by atoms with E-state index in [1.54, 1.807) is 36.4 Å². The zero-order valence-corrected chi connectivity index (χ0v) is 13.9. The lowest BCUT2D eigenvalue weighted by Crippen LogP contribution is -2.48. The Hall–Kier alpha value is -3.39. The number of hydrazine groups is 1. The number of nitrogens with one attached hydrogen (secondary N) is 2. The van der Waals surface area contributed by atoms with Crippen molar-refractivity contribution >= 4 is 23.4 Å². The molecule has 1 aliphatic heterocycles. The molecule has 0 aromatic heterocycles. The first-order valence-electron chi connectivity index (χ1n) is 7.86. The summed E-state index contributed by atoms with van der Waals surface area (Å²) in [5.41, 5.74) is 5.40. The number of rotatable bonds is 5. The van der Waals surface area contributed by atoms with Gasteiger partial charge >= 0.3 is 0 Å². The first kappa shape index (κ1) is 17.4. The number of aromatic hydroxyl groups is 1. The summed E-state index contributed by atoms with van der Waals surface area (Å²) in [6.45, 7) is 0. The molecule has 0 radical (unpaired) electrons. The summed E-state index contributed by atoms with van der Waals surface area (Å²) in [6, 6.07) is 11.6. The van der Waals surface area contributed by atoms with Crippen LogP contribution in [0.2, 0.25) is 0 Å². The van der Waals surface area contributed by atoms with Crippen LogP contribution in [0.5, 0.6) is 11.5 Å². The Morgan fingerprint density at radius 3 is 2.50 bits per heavy atom. The molecule has 8 nitrogen and oxygen atoms in total. The maximum absolute atomic E-state index is 12.5. The lowest BCUT2D eigenvalue weighted by Gasteiger charge is -2.16. The van der Waals surface area contributed by atoms with E-state index in [1.807, 2.05) is 0 Å². The quantitative estimate of drug-likeness (QED) is 0.545. The Balaban J connectivity index is 1.67. The van der Waals surface area contributed by atoms with Crippen LogP contribution < -0.4 is 20.5 Å². The second-order valence-electron chi connectivity index (χ2n) is 5.64. The molecule has 1 aliphatic rings. The first-order valence-corrected chi connectivity index (χ1v) is 7.86. The zero-order valence-electron chi connectivity index (χ0n) is 13.9. The summed E-state index contributed by atoms with van der Waals surface area (Å²) < 4.78 is 5.05. The van der Waals surface area contributed by atoms with Gasteiger partial charge in [0.05, 0.1) is 24.8 Å². The number of anilines is 1. The number of carbonyl (C=O) groups is 3. The predicted molar refractivity (Wildman–Crippen MR) is 92.6 cm³/mol. The Bertz CT molecular complexity index is 850. The fourth-order valence-electron chi connectivity index (χ4n) is 2.63. The van der Waals surface area contributed by atoms with Gasteiger partial charge in [-0.2, -0.15) is 0 Å². The number of imide groups is 1. The molecule has 0 saturated carbocycles. The van der Waals surface area contributed by atoms with E-state index in [4.69, 9.17) is 4.74 Å². The number of para-hydroxylation sites is 1. The second kappa shape index (κ2) is 7.24. The number of carbonyl (C=O) groups excluding carboxylic acids is 3. The van der Waals surface area contributed by atoms with Crippen LogP contribution >= 0.6 is 0 Å². The SMILES string of the molecule is COc1ccc(N2C(=O)C[C@@H](NNC(=O)c3ccccc3O)C2=O)cc1. The number of phenolic OH excluding ortho intramolecular Hbond substituents is 1. The van der Waals surface area contributed by atoms with Gasteiger partial charge in [0.25, 0.3) is 11.8 Å². The highest BCUT2D eigenvalue weighted by atomic mass is 16.5. The average Bonchev–Trinajstić information content (AvgIpc) is 2.93. The molecule has 1 saturated heterocycles. The number of hydrogen-bond donors (Lipinski definition) is 3. The molecule has 26 heavy (non-hydrogen) atoms. The molecular weight excluding hydrogens is 338 g/mol. The molecule has 3 amide bonds. The van der Waals surface area contributed by atoms with Gasteiger partial charge < -0.3 is 9.84 Å². The van der Waals surface area contributed by atoms with Crippen molar-refractivity contribution in [2.24, 2.45) is 0 Å². The van der Waals surface area contributed by atoms with E-state index in [0.29, 0.717) is 11.4 Å². The summed E-state index contributed by atoms with van der Waals surface area (Å²) >= 11 is 0. The minimum atomic E-state index is -0.889. The van der Waals surface area contributed by atoms with E-state index < -0.39 is 17.9 Å². The summed E-state index contributed by atoms with van der Waals surface area (Å²) in [5.74, 6) is -1.03. The van der Waals surface area contributed by atoms with Crippen molar-refractivity contribution in [3.05, 3.63) is 54.1 Å². The maximum Gasteiger partial charge on any atom is 0.269 e. The maximum atomic E-state index is 12.5. The third-order valence-corrected chi connectivity index (χ3v) is 3.99. The average molecular weight is 355 g/mol. The first-order chi connectivity index (χ1) is 12.5. The smallest absolute Gasteiger partial charge is 0.269 e. The molecule has 0 spiro atoms. The van der Waals surface area contributed by atoms with Crippen molar-refractivity contribution in [2.75, 3.05) is 12.0 Å². The largest absolute Gasteiger partial charge is 0.507 e. The third kappa shape index (κ3) is 3.35. The van der Waals surface area contributed by atoms with Gasteiger partial charge in [-0.15, -0.1) is 0 Å². The monoisotopic (exact) mass is 355 g/mol. The molecule has 2 aromatic rings. The number of nitrogens with zero attached hydrogens (tertiary/aromatic N) is 1. The van der Waals surface area contributed by atoms with Crippen molar-refractivity contribution in [3.8, 4) is 11.5 Å². The summed E-state index contributed by atoms with van der Waals surface area (Å²) in [5, 5.41) is 9.67. The van der Waals surface area contributed by atoms with Gasteiger partial charge in [0.15, 0.2) is 0 Å². The minimum Gasteiger partial charge on any atom is -0.507 e. The molecule has 0 bridgehead atoms. The fraction of sp³-hybridized carbons (Fsp3) is 0.167. The molecule has 134 valence electrons. The Morgan fingerprint density at radius 1 is 1.15 bits per heavy atom. The van der Waals surface area contributed by atoms with Crippen LogP contribution in [-0.4, -0.2) is 36.0 Å². The summed E-state index contributed by atoms with van der Waals surface area (Å²) in [6.07, 6.45) is -0.0914. The van der Waals surface area contributed by atoms with E-state index >= 15 is 0 Å². The van der Waals surface area contributed by atoms with Gasteiger partial charge in [-0.05, 0) is 36.4 Å². The highest BCUT2D eigenvalue weighted by Crippen LogP contribution is 2.25. The minimum absolute atomic E-state index is 0.0591. The standard InChI is InChI=1S/C18H17N3O5/c1-26-12-8-6-11(7-9-12)21-16(23)10-14(18(21)25)19-20-17(24)13-4-2-3-5-15(13)22/h2-9,14,19,22H,10H2,1H3,(H,20,24)/t14-/m1/s1. The molecule has 0 unspecified atom stereocenters. The topological polar surface area (TPSA) is 108 Å². The number of hydrogen-bond acceptors (Lipinski definition) is 6. The Morgan fingerprint density at radius 2 is 1.85 bits per heavy atom. The number of benzene rings is 2. The molecular formula is C18H17N3O5. The third-order valence-electron chi connectivity index (χ3n) is 3.99. The molecule has 3 rings (SSSR count). The van der Waals surface area contributed by atoms with E-state index in [9.17, 15) is 19.5 Å². The summed E-state index contributed by atoms with van der Waals surface area (Å²) in [4.78, 5) is 37.8. The Kier molecular flexibility index (Phi) is 4.85. The lowest BCUT2D eigenvalue weighted by molar-refractivity contribution is -0.121. The van der Waals surface area contributed by atoms with E-state index in [-0.39, 0.29) is 23.6 Å². The van der Waals surface area contributed by atoms with Crippen LogP contribution in [0.4, 0.5) is 5.69 Å². The van der Waals surface area contributed by atoms with E-state index in [0.717, 1.165) is 4.90 Å². The van der Waals surface area contributed by atoms with Crippen molar-refractivity contribution in [3.63, 3.8) is 0 Å². The van der Waals surface area contributed by atoms with Crippen LogP contribution in [0.25, 0.3) is 0 Å². The number of amides is 3. The van der Waals surface area contributed by atoms with Crippen LogP contribution in [0.1, 0.15) is 16.8 Å². The summed E-state index contributed by atoms with van der Waals surface area (Å²) in [7, 11) is 1.52. The van der Waals surface area contributed by atoms with E-state index in [2.05, 4.69) is 10.9 Å². The van der Waals surface area contributed by atoms with Crippen LogP contribution in [-0.2, 0) is 9.59 Å². The molecule has 3 N–H and O–H groups in total. The van der Waals surface area contributed by atoms with Gasteiger partial charge in [0, 0.05) is 0 Å². The normalized spacial score (nSPS) is 16.7. The van der Waals surface area contributed by atoms with Crippen molar-refractivity contribution in [2.45, 2.75) is 12.5 Å². The van der Waals surface area contributed by atoms with Crippen molar-refractivity contribution < 1.29 is 24.2 Å². The number of ether oxygens (including phenoxy) is 1. The fourth-order valence-corrected chi connectivity index (χ4v) is 2.63. The molecule has 1 heterocycles. The van der Waals surface area contributed by atoms with Gasteiger partial charge in [0.2, 0.25) is 5.91 Å². The van der Waals surface area contributed by atoms with Gasteiger partial charge in [-0.25, -0.2) is 10.3 Å². The van der Waals surface area contributed by atoms with Crippen LogP contribution in [0.15, 0.2) is 48.5 Å². The van der Waals surface area contributed by atoms with Gasteiger partial charge in [-0.1, -0.05) is 12.1 Å². The Labute approximate surface area is 149 Å². The second-order valence-corrected chi connectivity index (χ2v) is 5.64. The highest BCUT2D eigenvalue weighted by Gasteiger charge is 2.39. The van der Waals surface area contributed by atoms with E-state index in [1.165, 1.54) is 19.2 Å². The molecule has 1 atom stereocenters. The molecule has 1 fully saturated rings.